The van der Waals surface area contributed by atoms with Gasteiger partial charge in [0.1, 0.15) is 0 Å². The molecule has 1 saturated carbocycles. The normalized spacial score (nSPS) is 20.1. The number of methoxy groups -OCH3 is 1. The highest BCUT2D eigenvalue weighted by Gasteiger charge is 2.38. The Balaban J connectivity index is 1.54. The van der Waals surface area contributed by atoms with Gasteiger partial charge in [-0.05, 0) is 55.0 Å². The van der Waals surface area contributed by atoms with E-state index in [4.69, 9.17) is 22.1 Å². The van der Waals surface area contributed by atoms with Crippen molar-refractivity contribution in [1.29, 1.82) is 0 Å². The van der Waals surface area contributed by atoms with Crippen LogP contribution in [0, 0.1) is 0 Å². The lowest BCUT2D eigenvalue weighted by molar-refractivity contribution is 0.0507. The molecule has 0 saturated heterocycles. The topological polar surface area (TPSA) is 68.5 Å². The second kappa shape index (κ2) is 11.1. The van der Waals surface area contributed by atoms with E-state index in [-0.39, 0.29) is 17.4 Å². The van der Waals surface area contributed by atoms with E-state index in [9.17, 15) is 4.79 Å². The fourth-order valence-electron chi connectivity index (χ4n) is 5.05. The van der Waals surface area contributed by atoms with Gasteiger partial charge >= 0.3 is 0 Å². The van der Waals surface area contributed by atoms with Gasteiger partial charge in [-0.1, -0.05) is 54.1 Å². The molecular formula is C28H32ClN3O2. The van der Waals surface area contributed by atoms with Crippen LogP contribution < -0.4 is 5.73 Å². The Kier molecular flexibility index (Phi) is 7.99. The number of benzene rings is 2. The molecule has 2 N–H and O–H groups in total. The molecule has 3 aromatic rings. The quantitative estimate of drug-likeness (QED) is 0.476. The summed E-state index contributed by atoms with van der Waals surface area (Å²) in [6.07, 6.45) is 7.04. The number of carbonyl (C=O) groups excluding carboxylic acids is 1. The molecule has 1 fully saturated rings. The lowest BCUT2D eigenvalue weighted by Crippen LogP contribution is -2.48. The van der Waals surface area contributed by atoms with E-state index < -0.39 is 0 Å². The highest BCUT2D eigenvalue weighted by atomic mass is 35.5. The van der Waals surface area contributed by atoms with Crippen molar-refractivity contribution in [1.82, 2.24) is 9.88 Å². The lowest BCUT2D eigenvalue weighted by Gasteiger charge is -2.43. The Morgan fingerprint density at radius 1 is 1.09 bits per heavy atom. The average Bonchev–Trinajstić information content (AvgIpc) is 2.90. The zero-order valence-electron chi connectivity index (χ0n) is 19.6. The third-order valence-electron chi connectivity index (χ3n) is 7.07. The molecule has 0 bridgehead atoms. The lowest BCUT2D eigenvalue weighted by atomic mass is 9.68. The van der Waals surface area contributed by atoms with Gasteiger partial charge in [0, 0.05) is 54.6 Å². The van der Waals surface area contributed by atoms with E-state index in [1.807, 2.05) is 59.5 Å². The van der Waals surface area contributed by atoms with Crippen LogP contribution in [0.2, 0.25) is 5.02 Å². The van der Waals surface area contributed by atoms with Crippen molar-refractivity contribution in [2.75, 3.05) is 26.8 Å². The van der Waals surface area contributed by atoms with Crippen molar-refractivity contribution in [2.24, 2.45) is 5.73 Å². The first-order chi connectivity index (χ1) is 16.6. The number of rotatable bonds is 8. The van der Waals surface area contributed by atoms with Gasteiger partial charge in [-0.25, -0.2) is 0 Å². The summed E-state index contributed by atoms with van der Waals surface area (Å²) in [6, 6.07) is 20.1. The Bertz CT molecular complexity index is 1100. The van der Waals surface area contributed by atoms with Crippen molar-refractivity contribution in [3.8, 4) is 11.1 Å². The Morgan fingerprint density at radius 3 is 2.53 bits per heavy atom. The van der Waals surface area contributed by atoms with Gasteiger partial charge in [0.15, 0.2) is 0 Å². The maximum atomic E-state index is 13.7. The summed E-state index contributed by atoms with van der Waals surface area (Å²) in [5.74, 6) is -0.00432. The van der Waals surface area contributed by atoms with Gasteiger partial charge in [-0.2, -0.15) is 0 Å². The summed E-state index contributed by atoms with van der Waals surface area (Å²) in [6.45, 7) is 1.60. The minimum atomic E-state index is -0.105. The molecule has 0 unspecified atom stereocenters. The van der Waals surface area contributed by atoms with Crippen molar-refractivity contribution < 1.29 is 9.53 Å². The number of amides is 1. The van der Waals surface area contributed by atoms with Crippen molar-refractivity contribution in [3.63, 3.8) is 0 Å². The Hall–Kier alpha value is -2.73. The number of hydrogen-bond acceptors (Lipinski definition) is 4. The zero-order valence-corrected chi connectivity index (χ0v) is 20.4. The number of hydrogen-bond donors (Lipinski definition) is 1. The van der Waals surface area contributed by atoms with Gasteiger partial charge in [0.05, 0.1) is 12.2 Å². The molecule has 0 spiro atoms. The largest absolute Gasteiger partial charge is 0.383 e. The number of aromatic nitrogens is 1. The molecule has 4 rings (SSSR count). The summed E-state index contributed by atoms with van der Waals surface area (Å²) >= 11 is 6.27. The number of carbonyl (C=O) groups is 1. The SMILES string of the molecule is COCCN(C(=O)c1cncc(-c2ccccc2)c1)C1CCC(CN)(c2cccc(Cl)c2)CC1. The van der Waals surface area contributed by atoms with Gasteiger partial charge in [-0.3, -0.25) is 9.78 Å². The molecular weight excluding hydrogens is 446 g/mol. The fourth-order valence-corrected chi connectivity index (χ4v) is 5.24. The summed E-state index contributed by atoms with van der Waals surface area (Å²) in [5, 5.41) is 0.732. The maximum absolute atomic E-state index is 13.7. The first kappa shape index (κ1) is 24.4. The van der Waals surface area contributed by atoms with E-state index in [0.29, 0.717) is 25.3 Å². The summed E-state index contributed by atoms with van der Waals surface area (Å²) in [4.78, 5) is 20.0. The van der Waals surface area contributed by atoms with Crippen LogP contribution in [0.4, 0.5) is 0 Å². The number of nitrogens with zero attached hydrogens (tertiary/aromatic N) is 2. The number of nitrogens with two attached hydrogens (primary N) is 1. The molecule has 1 heterocycles. The van der Waals surface area contributed by atoms with E-state index in [1.54, 1.807) is 19.5 Å². The molecule has 2 aromatic carbocycles. The zero-order chi connectivity index (χ0) is 24.0. The van der Waals surface area contributed by atoms with Crippen LogP contribution in [-0.2, 0) is 10.2 Å². The minimum Gasteiger partial charge on any atom is -0.383 e. The standard InChI is InChI=1S/C28H32ClN3O2/c1-34-15-14-32(27(33)23-16-22(18-31-19-23)21-6-3-2-4-7-21)26-10-12-28(20-30,13-11-26)24-8-5-9-25(29)17-24/h2-9,16-19,26H,10-15,20,30H2,1H3. The minimum absolute atomic E-state index is 0.00432. The van der Waals surface area contributed by atoms with E-state index in [2.05, 4.69) is 11.1 Å². The summed E-state index contributed by atoms with van der Waals surface area (Å²) in [5.41, 5.74) is 9.95. The highest BCUT2D eigenvalue weighted by molar-refractivity contribution is 6.30. The predicted molar refractivity (Wildman–Crippen MR) is 137 cm³/mol. The molecule has 1 aliphatic carbocycles. The molecule has 5 nitrogen and oxygen atoms in total. The van der Waals surface area contributed by atoms with Gasteiger partial charge in [0.25, 0.3) is 5.91 Å². The summed E-state index contributed by atoms with van der Waals surface area (Å²) < 4.78 is 5.34. The molecule has 1 aromatic heterocycles. The first-order valence-electron chi connectivity index (χ1n) is 11.8. The van der Waals surface area contributed by atoms with Crippen LogP contribution in [0.5, 0.6) is 0 Å². The highest BCUT2D eigenvalue weighted by Crippen LogP contribution is 2.41. The van der Waals surface area contributed by atoms with Gasteiger partial charge in [0.2, 0.25) is 0 Å². The van der Waals surface area contributed by atoms with Crippen LogP contribution in [0.25, 0.3) is 11.1 Å². The van der Waals surface area contributed by atoms with Crippen LogP contribution in [0.15, 0.2) is 73.1 Å². The van der Waals surface area contributed by atoms with Crippen molar-refractivity contribution in [3.05, 3.63) is 89.2 Å². The molecule has 0 atom stereocenters. The predicted octanol–water partition coefficient (Wildman–Crippen LogP) is 5.33. The summed E-state index contributed by atoms with van der Waals surface area (Å²) in [7, 11) is 1.67. The fraction of sp³-hybridized carbons (Fsp3) is 0.357. The molecule has 34 heavy (non-hydrogen) atoms. The van der Waals surface area contributed by atoms with E-state index in [0.717, 1.165) is 41.8 Å². The number of ether oxygens (including phenoxy) is 1. The Labute approximate surface area is 206 Å². The molecule has 1 amide bonds. The number of pyridine rings is 1. The van der Waals surface area contributed by atoms with Crippen LogP contribution in [0.3, 0.4) is 0 Å². The first-order valence-corrected chi connectivity index (χ1v) is 12.2. The van der Waals surface area contributed by atoms with Crippen LogP contribution >= 0.6 is 11.6 Å². The van der Waals surface area contributed by atoms with E-state index >= 15 is 0 Å². The Morgan fingerprint density at radius 2 is 1.85 bits per heavy atom. The maximum Gasteiger partial charge on any atom is 0.255 e. The van der Waals surface area contributed by atoms with Gasteiger partial charge < -0.3 is 15.4 Å². The van der Waals surface area contributed by atoms with Crippen molar-refractivity contribution >= 4 is 17.5 Å². The second-order valence-corrected chi connectivity index (χ2v) is 9.48. The van der Waals surface area contributed by atoms with Gasteiger partial charge in [-0.15, -0.1) is 0 Å². The molecule has 1 aliphatic rings. The molecule has 0 radical (unpaired) electrons. The third-order valence-corrected chi connectivity index (χ3v) is 7.31. The third kappa shape index (κ3) is 5.33. The monoisotopic (exact) mass is 477 g/mol. The second-order valence-electron chi connectivity index (χ2n) is 9.05. The van der Waals surface area contributed by atoms with E-state index in [1.165, 1.54) is 5.56 Å². The average molecular weight is 478 g/mol. The van der Waals surface area contributed by atoms with Crippen LogP contribution in [-0.4, -0.2) is 48.6 Å². The molecule has 178 valence electrons. The smallest absolute Gasteiger partial charge is 0.255 e. The number of halogens is 1. The molecule has 0 aliphatic heterocycles. The van der Waals surface area contributed by atoms with Crippen LogP contribution in [0.1, 0.15) is 41.6 Å². The molecule has 6 heteroatoms. The van der Waals surface area contributed by atoms with Crippen molar-refractivity contribution in [2.45, 2.75) is 37.1 Å².